The lowest BCUT2D eigenvalue weighted by atomic mass is 10.2. The molecule has 17 heavy (non-hydrogen) atoms. The fourth-order valence-electron chi connectivity index (χ4n) is 1.01. The van der Waals surface area contributed by atoms with E-state index in [1.165, 1.54) is 19.3 Å². The summed E-state index contributed by atoms with van der Waals surface area (Å²) in [6.07, 6.45) is -0.726. The topological polar surface area (TPSA) is 0 Å². The standard InChI is InChI=1S/C7H4F4.C5H11Cl/c8-6-3-1-2-5(4-6)7(9,10)11;1-2-3-4-5-6/h1-4H;2-5H2,1H3. The van der Waals surface area contributed by atoms with Gasteiger partial charge in [0, 0.05) is 5.88 Å². The molecule has 0 bridgehead atoms. The highest BCUT2D eigenvalue weighted by Crippen LogP contribution is 2.29. The maximum absolute atomic E-state index is 12.2. The number of benzene rings is 1. The first-order chi connectivity index (χ1) is 7.91. The highest BCUT2D eigenvalue weighted by atomic mass is 35.5. The molecule has 98 valence electrons. The molecule has 1 aromatic carbocycles. The Morgan fingerprint density at radius 1 is 1.18 bits per heavy atom. The normalized spacial score (nSPS) is 10.7. The Morgan fingerprint density at radius 2 is 1.82 bits per heavy atom. The van der Waals surface area contributed by atoms with Crippen LogP contribution in [0.3, 0.4) is 0 Å². The molecule has 0 atom stereocenters. The molecule has 1 rings (SSSR count). The van der Waals surface area contributed by atoms with Crippen LogP contribution in [0.25, 0.3) is 0 Å². The zero-order valence-electron chi connectivity index (χ0n) is 9.53. The minimum atomic E-state index is -4.46. The highest BCUT2D eigenvalue weighted by Gasteiger charge is 2.30. The van der Waals surface area contributed by atoms with E-state index in [-0.39, 0.29) is 0 Å². The molecule has 0 saturated carbocycles. The van der Waals surface area contributed by atoms with E-state index < -0.39 is 17.6 Å². The maximum atomic E-state index is 12.2. The molecule has 0 heterocycles. The number of hydrogen-bond donors (Lipinski definition) is 0. The summed E-state index contributed by atoms with van der Waals surface area (Å²) in [6, 6.07) is 3.27. The summed E-state index contributed by atoms with van der Waals surface area (Å²) in [4.78, 5) is 0. The van der Waals surface area contributed by atoms with Gasteiger partial charge in [-0.1, -0.05) is 25.8 Å². The summed E-state index contributed by atoms with van der Waals surface area (Å²) < 4.78 is 47.6. The van der Waals surface area contributed by atoms with Gasteiger partial charge in [0.05, 0.1) is 5.56 Å². The Hall–Kier alpha value is -0.770. The van der Waals surface area contributed by atoms with Gasteiger partial charge in [0.2, 0.25) is 0 Å². The van der Waals surface area contributed by atoms with Gasteiger partial charge in [-0.25, -0.2) is 4.39 Å². The first-order valence-corrected chi connectivity index (χ1v) is 5.84. The van der Waals surface area contributed by atoms with Gasteiger partial charge in [0.1, 0.15) is 5.82 Å². The quantitative estimate of drug-likeness (QED) is 0.399. The Balaban J connectivity index is 0.000000366. The third kappa shape index (κ3) is 8.02. The lowest BCUT2D eigenvalue weighted by molar-refractivity contribution is -0.137. The molecule has 0 aromatic heterocycles. The van der Waals surface area contributed by atoms with Crippen molar-refractivity contribution < 1.29 is 17.6 Å². The van der Waals surface area contributed by atoms with E-state index in [2.05, 4.69) is 6.92 Å². The van der Waals surface area contributed by atoms with Crippen molar-refractivity contribution in [1.29, 1.82) is 0 Å². The van der Waals surface area contributed by atoms with E-state index >= 15 is 0 Å². The van der Waals surface area contributed by atoms with Crippen LogP contribution in [-0.2, 0) is 6.18 Å². The minimum absolute atomic E-state index is 0.458. The van der Waals surface area contributed by atoms with Gasteiger partial charge in [0.25, 0.3) is 0 Å². The number of rotatable bonds is 3. The lowest BCUT2D eigenvalue weighted by Crippen LogP contribution is -2.04. The predicted molar refractivity (Wildman–Crippen MR) is 61.6 cm³/mol. The average Bonchev–Trinajstić information content (AvgIpc) is 2.26. The zero-order valence-corrected chi connectivity index (χ0v) is 10.3. The van der Waals surface area contributed by atoms with Gasteiger partial charge in [-0.3, -0.25) is 0 Å². The third-order valence-electron chi connectivity index (χ3n) is 1.89. The third-order valence-corrected chi connectivity index (χ3v) is 2.16. The molecular formula is C12H15ClF4. The van der Waals surface area contributed by atoms with Crippen LogP contribution >= 0.6 is 11.6 Å². The van der Waals surface area contributed by atoms with Gasteiger partial charge in [0.15, 0.2) is 0 Å². The summed E-state index contributed by atoms with van der Waals surface area (Å²) >= 11 is 5.38. The summed E-state index contributed by atoms with van der Waals surface area (Å²) in [5.41, 5.74) is -0.961. The van der Waals surface area contributed by atoms with E-state index in [1.807, 2.05) is 0 Å². The summed E-state index contributed by atoms with van der Waals surface area (Å²) in [6.45, 7) is 2.17. The first kappa shape index (κ1) is 16.2. The van der Waals surface area contributed by atoms with Crippen molar-refractivity contribution in [2.75, 3.05) is 5.88 Å². The second-order valence-electron chi connectivity index (χ2n) is 3.40. The van der Waals surface area contributed by atoms with E-state index in [0.717, 1.165) is 24.1 Å². The van der Waals surface area contributed by atoms with Crippen LogP contribution in [0.2, 0.25) is 0 Å². The minimum Gasteiger partial charge on any atom is -0.207 e. The Labute approximate surface area is 104 Å². The van der Waals surface area contributed by atoms with Crippen LogP contribution in [0.5, 0.6) is 0 Å². The van der Waals surface area contributed by atoms with Crippen LogP contribution in [0.15, 0.2) is 24.3 Å². The first-order valence-electron chi connectivity index (χ1n) is 5.30. The summed E-state index contributed by atoms with van der Waals surface area (Å²) in [5.74, 6) is -0.0479. The summed E-state index contributed by atoms with van der Waals surface area (Å²) in [5, 5.41) is 0. The molecule has 0 radical (unpaired) electrons. The van der Waals surface area contributed by atoms with Crippen LogP contribution in [-0.4, -0.2) is 5.88 Å². The molecule has 0 saturated heterocycles. The van der Waals surface area contributed by atoms with E-state index in [0.29, 0.717) is 6.07 Å². The fourth-order valence-corrected chi connectivity index (χ4v) is 1.20. The molecule has 1 aromatic rings. The van der Waals surface area contributed by atoms with Gasteiger partial charge >= 0.3 is 6.18 Å². The molecule has 0 amide bonds. The molecule has 0 unspecified atom stereocenters. The highest BCUT2D eigenvalue weighted by molar-refractivity contribution is 6.17. The van der Waals surface area contributed by atoms with Crippen molar-refractivity contribution in [2.24, 2.45) is 0 Å². The smallest absolute Gasteiger partial charge is 0.207 e. The lowest BCUT2D eigenvalue weighted by Gasteiger charge is -2.04. The van der Waals surface area contributed by atoms with Crippen LogP contribution in [0, 0.1) is 5.82 Å². The van der Waals surface area contributed by atoms with Gasteiger partial charge < -0.3 is 0 Å². The van der Waals surface area contributed by atoms with Crippen LogP contribution in [0.4, 0.5) is 17.6 Å². The van der Waals surface area contributed by atoms with Crippen LogP contribution < -0.4 is 0 Å². The van der Waals surface area contributed by atoms with Crippen molar-refractivity contribution in [2.45, 2.75) is 32.4 Å². The van der Waals surface area contributed by atoms with Crippen molar-refractivity contribution in [3.8, 4) is 0 Å². The predicted octanol–water partition coefficient (Wildman–Crippen LogP) is 5.26. The van der Waals surface area contributed by atoms with Gasteiger partial charge in [-0.2, -0.15) is 13.2 Å². The van der Waals surface area contributed by atoms with Crippen molar-refractivity contribution in [1.82, 2.24) is 0 Å². The van der Waals surface area contributed by atoms with Crippen molar-refractivity contribution >= 4 is 11.6 Å². The molecular weight excluding hydrogens is 256 g/mol. The number of hydrogen-bond acceptors (Lipinski definition) is 0. The maximum Gasteiger partial charge on any atom is 0.416 e. The monoisotopic (exact) mass is 270 g/mol. The molecule has 0 spiro atoms. The molecule has 0 aliphatic carbocycles. The Bertz CT molecular complexity index is 306. The van der Waals surface area contributed by atoms with Crippen molar-refractivity contribution in [3.63, 3.8) is 0 Å². The van der Waals surface area contributed by atoms with E-state index in [9.17, 15) is 17.6 Å². The molecule has 0 fully saturated rings. The van der Waals surface area contributed by atoms with E-state index in [4.69, 9.17) is 11.6 Å². The second-order valence-corrected chi connectivity index (χ2v) is 3.78. The van der Waals surface area contributed by atoms with E-state index in [1.54, 1.807) is 0 Å². The fraction of sp³-hybridized carbons (Fsp3) is 0.500. The molecule has 0 nitrogen and oxygen atoms in total. The van der Waals surface area contributed by atoms with Gasteiger partial charge in [-0.15, -0.1) is 11.6 Å². The number of halogens is 5. The number of unbranched alkanes of at least 4 members (excludes halogenated alkanes) is 2. The molecule has 0 aliphatic heterocycles. The number of alkyl halides is 4. The van der Waals surface area contributed by atoms with Gasteiger partial charge in [-0.05, 0) is 24.6 Å². The van der Waals surface area contributed by atoms with Crippen molar-refractivity contribution in [3.05, 3.63) is 35.6 Å². The average molecular weight is 271 g/mol. The molecule has 0 aliphatic rings. The Kier molecular flexibility index (Phi) is 7.96. The molecule has 5 heteroatoms. The second kappa shape index (κ2) is 8.34. The molecule has 0 N–H and O–H groups in total. The largest absolute Gasteiger partial charge is 0.416 e. The van der Waals surface area contributed by atoms with Crippen LogP contribution in [0.1, 0.15) is 31.7 Å². The SMILES string of the molecule is CCCCCCl.Fc1cccc(C(F)(F)F)c1. The summed E-state index contributed by atoms with van der Waals surface area (Å²) in [7, 11) is 0. The zero-order chi connectivity index (χ0) is 13.3. The Morgan fingerprint density at radius 3 is 2.12 bits per heavy atom.